The predicted octanol–water partition coefficient (Wildman–Crippen LogP) is 3.60. The van der Waals surface area contributed by atoms with Gasteiger partial charge in [-0.05, 0) is 44.4 Å². The fourth-order valence-corrected chi connectivity index (χ4v) is 4.39. The molecule has 2 heterocycles. The van der Waals surface area contributed by atoms with Crippen LogP contribution in [-0.4, -0.2) is 16.2 Å². The van der Waals surface area contributed by atoms with Crippen molar-refractivity contribution >= 4 is 33.3 Å². The number of nitrogens with zero attached hydrogens (tertiary/aromatic N) is 2. The summed E-state index contributed by atoms with van der Waals surface area (Å²) >= 11 is 3.62. The zero-order valence-electron chi connectivity index (χ0n) is 9.54. The van der Waals surface area contributed by atoms with E-state index in [1.165, 1.54) is 46.5 Å². The molecule has 2 aromatic heterocycles. The van der Waals surface area contributed by atoms with Crippen molar-refractivity contribution in [3.05, 3.63) is 16.3 Å². The van der Waals surface area contributed by atoms with Gasteiger partial charge in [-0.15, -0.1) is 23.1 Å². The van der Waals surface area contributed by atoms with Crippen molar-refractivity contribution < 1.29 is 0 Å². The van der Waals surface area contributed by atoms with Crippen molar-refractivity contribution in [3.63, 3.8) is 0 Å². The Balaban J connectivity index is 2.34. The highest BCUT2D eigenvalue weighted by Gasteiger charge is 2.19. The highest BCUT2D eigenvalue weighted by molar-refractivity contribution is 7.98. The van der Waals surface area contributed by atoms with Gasteiger partial charge in [-0.25, -0.2) is 9.97 Å². The molecule has 0 amide bonds. The normalized spacial score (nSPS) is 15.4. The van der Waals surface area contributed by atoms with Gasteiger partial charge in [-0.2, -0.15) is 0 Å². The largest absolute Gasteiger partial charge is 0.226 e. The summed E-state index contributed by atoms with van der Waals surface area (Å²) in [6.07, 6.45) is 7.22. The van der Waals surface area contributed by atoms with Crippen LogP contribution in [0, 0.1) is 6.92 Å². The van der Waals surface area contributed by atoms with Crippen LogP contribution in [0.4, 0.5) is 0 Å². The first-order chi connectivity index (χ1) is 7.79. The van der Waals surface area contributed by atoms with Crippen LogP contribution in [0.1, 0.15) is 29.1 Å². The van der Waals surface area contributed by atoms with Gasteiger partial charge >= 0.3 is 0 Å². The minimum absolute atomic E-state index is 0.899. The molecule has 2 aromatic rings. The number of rotatable bonds is 1. The number of aryl methyl sites for hydroxylation is 3. The van der Waals surface area contributed by atoms with Gasteiger partial charge in [0.1, 0.15) is 15.7 Å². The highest BCUT2D eigenvalue weighted by Crippen LogP contribution is 2.38. The first-order valence-corrected chi connectivity index (χ1v) is 7.66. The molecular formula is C12H14N2S2. The Morgan fingerprint density at radius 1 is 1.19 bits per heavy atom. The van der Waals surface area contributed by atoms with Gasteiger partial charge < -0.3 is 0 Å². The summed E-state index contributed by atoms with van der Waals surface area (Å²) < 4.78 is 0. The molecular weight excluding hydrogens is 236 g/mol. The second-order valence-corrected chi connectivity index (χ2v) is 6.05. The Hall–Kier alpha value is -0.610. The minimum atomic E-state index is 0.899. The molecule has 0 bridgehead atoms. The van der Waals surface area contributed by atoms with Gasteiger partial charge in [-0.1, -0.05) is 0 Å². The van der Waals surface area contributed by atoms with Crippen LogP contribution < -0.4 is 0 Å². The van der Waals surface area contributed by atoms with Crippen LogP contribution in [-0.2, 0) is 12.8 Å². The molecule has 16 heavy (non-hydrogen) atoms. The fourth-order valence-electron chi connectivity index (χ4n) is 2.37. The molecule has 0 spiro atoms. The van der Waals surface area contributed by atoms with Crippen LogP contribution in [0.15, 0.2) is 5.03 Å². The first-order valence-electron chi connectivity index (χ1n) is 5.62. The SMILES string of the molecule is CSc1nc(C)nc2sc3c(c12)CCCC3. The summed E-state index contributed by atoms with van der Waals surface area (Å²) in [5, 5.41) is 2.51. The monoisotopic (exact) mass is 250 g/mol. The molecule has 2 nitrogen and oxygen atoms in total. The fraction of sp³-hybridized carbons (Fsp3) is 0.500. The lowest BCUT2D eigenvalue weighted by molar-refractivity contribution is 0.699. The topological polar surface area (TPSA) is 25.8 Å². The van der Waals surface area contributed by atoms with Crippen LogP contribution >= 0.6 is 23.1 Å². The molecule has 1 aliphatic carbocycles. The van der Waals surface area contributed by atoms with E-state index in [1.807, 2.05) is 18.3 Å². The van der Waals surface area contributed by atoms with E-state index in [0.29, 0.717) is 0 Å². The Morgan fingerprint density at radius 3 is 2.81 bits per heavy atom. The molecule has 1 aliphatic rings. The van der Waals surface area contributed by atoms with Crippen molar-refractivity contribution in [1.82, 2.24) is 9.97 Å². The van der Waals surface area contributed by atoms with E-state index in [2.05, 4.69) is 16.2 Å². The van der Waals surface area contributed by atoms with Gasteiger partial charge in [0, 0.05) is 10.3 Å². The van der Waals surface area contributed by atoms with Crippen molar-refractivity contribution in [3.8, 4) is 0 Å². The van der Waals surface area contributed by atoms with E-state index in [1.54, 1.807) is 16.6 Å². The first kappa shape index (κ1) is 10.5. The molecule has 0 radical (unpaired) electrons. The summed E-state index contributed by atoms with van der Waals surface area (Å²) in [6.45, 7) is 1.98. The summed E-state index contributed by atoms with van der Waals surface area (Å²) in [5.74, 6) is 0.899. The Labute approximate surface area is 103 Å². The third-order valence-electron chi connectivity index (χ3n) is 3.09. The maximum absolute atomic E-state index is 4.58. The summed E-state index contributed by atoms with van der Waals surface area (Å²) in [6, 6.07) is 0. The van der Waals surface area contributed by atoms with Gasteiger partial charge in [0.2, 0.25) is 0 Å². The standard InChI is InChI=1S/C12H14N2S2/c1-7-13-11(15-2)10-8-5-3-4-6-9(8)16-12(10)14-7/h3-6H2,1-2H3. The maximum atomic E-state index is 4.58. The summed E-state index contributed by atoms with van der Waals surface area (Å²) in [7, 11) is 0. The van der Waals surface area contributed by atoms with E-state index in [0.717, 1.165) is 5.82 Å². The minimum Gasteiger partial charge on any atom is -0.226 e. The molecule has 0 aromatic carbocycles. The summed E-state index contributed by atoms with van der Waals surface area (Å²) in [5.41, 5.74) is 1.54. The Bertz CT molecular complexity index is 545. The van der Waals surface area contributed by atoms with Crippen LogP contribution in [0.5, 0.6) is 0 Å². The third-order valence-corrected chi connectivity index (χ3v) is 4.95. The zero-order chi connectivity index (χ0) is 11.1. The molecule has 0 saturated carbocycles. The summed E-state index contributed by atoms with van der Waals surface area (Å²) in [4.78, 5) is 11.9. The van der Waals surface area contributed by atoms with E-state index >= 15 is 0 Å². The predicted molar refractivity (Wildman–Crippen MR) is 70.6 cm³/mol. The van der Waals surface area contributed by atoms with E-state index in [-0.39, 0.29) is 0 Å². The molecule has 84 valence electrons. The van der Waals surface area contributed by atoms with Gasteiger partial charge in [0.15, 0.2) is 0 Å². The molecule has 0 saturated heterocycles. The average molecular weight is 250 g/mol. The van der Waals surface area contributed by atoms with E-state index < -0.39 is 0 Å². The second-order valence-electron chi connectivity index (χ2n) is 4.17. The van der Waals surface area contributed by atoms with Crippen LogP contribution in [0.25, 0.3) is 10.2 Å². The number of aromatic nitrogens is 2. The van der Waals surface area contributed by atoms with Gasteiger partial charge in [-0.3, -0.25) is 0 Å². The lowest BCUT2D eigenvalue weighted by atomic mass is 9.97. The van der Waals surface area contributed by atoms with Crippen molar-refractivity contribution in [1.29, 1.82) is 0 Å². The third kappa shape index (κ3) is 1.55. The molecule has 0 aliphatic heterocycles. The van der Waals surface area contributed by atoms with Crippen molar-refractivity contribution in [2.45, 2.75) is 37.6 Å². The van der Waals surface area contributed by atoms with Crippen molar-refractivity contribution in [2.75, 3.05) is 6.26 Å². The average Bonchev–Trinajstić information content (AvgIpc) is 2.65. The number of hydrogen-bond acceptors (Lipinski definition) is 4. The van der Waals surface area contributed by atoms with E-state index in [4.69, 9.17) is 0 Å². The Morgan fingerprint density at radius 2 is 2.00 bits per heavy atom. The highest BCUT2D eigenvalue weighted by atomic mass is 32.2. The van der Waals surface area contributed by atoms with Gasteiger partial charge in [0.05, 0.1) is 0 Å². The molecule has 3 rings (SSSR count). The van der Waals surface area contributed by atoms with Crippen LogP contribution in [0.2, 0.25) is 0 Å². The lowest BCUT2D eigenvalue weighted by Crippen LogP contribution is -1.99. The van der Waals surface area contributed by atoms with Gasteiger partial charge in [0.25, 0.3) is 0 Å². The van der Waals surface area contributed by atoms with E-state index in [9.17, 15) is 0 Å². The molecule has 0 fully saturated rings. The second kappa shape index (κ2) is 4.00. The number of hydrogen-bond donors (Lipinski definition) is 0. The maximum Gasteiger partial charge on any atom is 0.128 e. The zero-order valence-corrected chi connectivity index (χ0v) is 11.2. The smallest absolute Gasteiger partial charge is 0.128 e. The number of thioether (sulfide) groups is 1. The lowest BCUT2D eigenvalue weighted by Gasteiger charge is -2.11. The van der Waals surface area contributed by atoms with Crippen LogP contribution in [0.3, 0.4) is 0 Å². The Kier molecular flexibility index (Phi) is 2.64. The molecule has 0 unspecified atom stereocenters. The van der Waals surface area contributed by atoms with Crippen molar-refractivity contribution in [2.24, 2.45) is 0 Å². The molecule has 0 N–H and O–H groups in total. The number of fused-ring (bicyclic) bond motifs is 3. The molecule has 4 heteroatoms. The quantitative estimate of drug-likeness (QED) is 0.571. The number of thiophene rings is 1. The molecule has 0 atom stereocenters.